The third kappa shape index (κ3) is 5.81. The van der Waals surface area contributed by atoms with Crippen molar-refractivity contribution in [2.75, 3.05) is 20.1 Å². The molecule has 0 rings (SSSR count). The van der Waals surface area contributed by atoms with Crippen molar-refractivity contribution in [2.24, 2.45) is 11.7 Å². The first-order chi connectivity index (χ1) is 7.88. The molecule has 0 aliphatic carbocycles. The molecule has 5 nitrogen and oxygen atoms in total. The van der Waals surface area contributed by atoms with Gasteiger partial charge < -0.3 is 5.73 Å². The van der Waals surface area contributed by atoms with E-state index in [2.05, 4.69) is 18.6 Å². The zero-order valence-corrected chi connectivity index (χ0v) is 12.3. The molecule has 0 aromatic rings. The van der Waals surface area contributed by atoms with Crippen molar-refractivity contribution in [1.29, 1.82) is 0 Å². The van der Waals surface area contributed by atoms with Gasteiger partial charge in [0, 0.05) is 19.6 Å². The third-order valence-corrected chi connectivity index (χ3v) is 4.85. The molecule has 6 heteroatoms. The van der Waals surface area contributed by atoms with Crippen molar-refractivity contribution in [2.45, 2.75) is 46.1 Å². The number of nitrogens with zero attached hydrogens (tertiary/aromatic N) is 1. The smallest absolute Gasteiger partial charge is 0.279 e. The number of hydrogen-bond acceptors (Lipinski definition) is 3. The summed E-state index contributed by atoms with van der Waals surface area (Å²) in [6.45, 7) is 7.05. The van der Waals surface area contributed by atoms with E-state index in [9.17, 15) is 8.42 Å². The van der Waals surface area contributed by atoms with Crippen LogP contribution in [0.25, 0.3) is 0 Å². The highest BCUT2D eigenvalue weighted by atomic mass is 32.2. The molecule has 0 saturated carbocycles. The summed E-state index contributed by atoms with van der Waals surface area (Å²) in [5.74, 6) is 0.382. The molecule has 0 aliphatic rings. The molecule has 0 aliphatic heterocycles. The fourth-order valence-electron chi connectivity index (χ4n) is 1.85. The maximum absolute atomic E-state index is 12.0. The fourth-order valence-corrected chi connectivity index (χ4v) is 3.06. The second-order valence-electron chi connectivity index (χ2n) is 4.45. The van der Waals surface area contributed by atoms with Crippen molar-refractivity contribution < 1.29 is 8.42 Å². The first-order valence-corrected chi connectivity index (χ1v) is 7.76. The summed E-state index contributed by atoms with van der Waals surface area (Å²) < 4.78 is 28.0. The van der Waals surface area contributed by atoms with Gasteiger partial charge >= 0.3 is 0 Å². The first-order valence-electron chi connectivity index (χ1n) is 6.32. The molecule has 0 fully saturated rings. The molecular formula is C11H27N3O2S. The van der Waals surface area contributed by atoms with Crippen molar-refractivity contribution in [3.8, 4) is 0 Å². The lowest BCUT2D eigenvalue weighted by molar-refractivity contribution is 0.374. The van der Waals surface area contributed by atoms with E-state index >= 15 is 0 Å². The lowest BCUT2D eigenvalue weighted by Gasteiger charge is -2.25. The van der Waals surface area contributed by atoms with Crippen LogP contribution in [0.5, 0.6) is 0 Å². The van der Waals surface area contributed by atoms with E-state index in [0.717, 1.165) is 12.8 Å². The van der Waals surface area contributed by atoms with Gasteiger partial charge in [0.25, 0.3) is 10.2 Å². The van der Waals surface area contributed by atoms with E-state index in [4.69, 9.17) is 5.73 Å². The summed E-state index contributed by atoms with van der Waals surface area (Å²) in [7, 11) is -1.79. The summed E-state index contributed by atoms with van der Waals surface area (Å²) in [6, 6.07) is -0.0321. The summed E-state index contributed by atoms with van der Waals surface area (Å²) in [5.41, 5.74) is 5.37. The predicted octanol–water partition coefficient (Wildman–Crippen LogP) is 0.926. The van der Waals surface area contributed by atoms with E-state index < -0.39 is 10.2 Å². The number of hydrogen-bond donors (Lipinski definition) is 2. The summed E-state index contributed by atoms with van der Waals surface area (Å²) in [4.78, 5) is 0. The van der Waals surface area contributed by atoms with E-state index in [1.54, 1.807) is 7.05 Å². The Morgan fingerprint density at radius 3 is 2.24 bits per heavy atom. The molecule has 0 heterocycles. The van der Waals surface area contributed by atoms with Crippen LogP contribution in [0.1, 0.15) is 40.0 Å². The van der Waals surface area contributed by atoms with Gasteiger partial charge in [-0.2, -0.15) is 17.4 Å². The van der Waals surface area contributed by atoms with Gasteiger partial charge in [0.1, 0.15) is 0 Å². The van der Waals surface area contributed by atoms with Crippen LogP contribution < -0.4 is 10.5 Å². The highest BCUT2D eigenvalue weighted by Crippen LogP contribution is 2.14. The number of nitrogens with one attached hydrogen (secondary N) is 1. The topological polar surface area (TPSA) is 75.4 Å². The molecule has 1 atom stereocenters. The molecule has 0 aromatic carbocycles. The van der Waals surface area contributed by atoms with Crippen molar-refractivity contribution in [3.63, 3.8) is 0 Å². The van der Waals surface area contributed by atoms with E-state index in [-0.39, 0.29) is 6.04 Å². The molecule has 104 valence electrons. The van der Waals surface area contributed by atoms with Gasteiger partial charge in [-0.05, 0) is 25.8 Å². The van der Waals surface area contributed by atoms with Crippen LogP contribution in [0, 0.1) is 5.92 Å². The van der Waals surface area contributed by atoms with Crippen LogP contribution in [-0.4, -0.2) is 38.9 Å². The quantitative estimate of drug-likeness (QED) is 0.651. The molecule has 0 saturated heterocycles. The Labute approximate surface area is 106 Å². The minimum atomic E-state index is -3.37. The second-order valence-corrected chi connectivity index (χ2v) is 6.26. The second kappa shape index (κ2) is 8.02. The van der Waals surface area contributed by atoms with Crippen LogP contribution in [0.2, 0.25) is 0 Å². The van der Waals surface area contributed by atoms with Gasteiger partial charge in [-0.3, -0.25) is 0 Å². The van der Waals surface area contributed by atoms with Gasteiger partial charge in [-0.15, -0.1) is 0 Å². The Balaban J connectivity index is 4.42. The molecule has 3 N–H and O–H groups in total. The Bertz CT molecular complexity index is 289. The van der Waals surface area contributed by atoms with Crippen LogP contribution >= 0.6 is 0 Å². The monoisotopic (exact) mass is 265 g/mol. The summed E-state index contributed by atoms with van der Waals surface area (Å²) in [5, 5.41) is 0. The molecule has 17 heavy (non-hydrogen) atoms. The Kier molecular flexibility index (Phi) is 7.94. The number of nitrogens with two attached hydrogens (primary N) is 1. The average molecular weight is 265 g/mol. The standard InChI is InChI=1S/C11H27N3O2S/c1-5-11(6-2)10(3)13-17(15,16)14(4)9-7-8-12/h10-11,13H,5-9,12H2,1-4H3. The maximum Gasteiger partial charge on any atom is 0.279 e. The lowest BCUT2D eigenvalue weighted by Crippen LogP contribution is -2.45. The van der Waals surface area contributed by atoms with E-state index in [1.165, 1.54) is 4.31 Å². The molecule has 0 bridgehead atoms. The third-order valence-electron chi connectivity index (χ3n) is 3.18. The summed E-state index contributed by atoms with van der Waals surface area (Å²) >= 11 is 0. The van der Waals surface area contributed by atoms with Crippen LogP contribution in [0.3, 0.4) is 0 Å². The molecule has 1 unspecified atom stereocenters. The van der Waals surface area contributed by atoms with Gasteiger partial charge in [0.2, 0.25) is 0 Å². The Hall–Kier alpha value is -0.170. The van der Waals surface area contributed by atoms with Gasteiger partial charge in [0.15, 0.2) is 0 Å². The molecule has 0 spiro atoms. The lowest BCUT2D eigenvalue weighted by atomic mass is 9.96. The highest BCUT2D eigenvalue weighted by Gasteiger charge is 2.23. The van der Waals surface area contributed by atoms with E-state index in [0.29, 0.717) is 25.4 Å². The van der Waals surface area contributed by atoms with Gasteiger partial charge in [0.05, 0.1) is 0 Å². The molecule has 0 aromatic heterocycles. The predicted molar refractivity (Wildman–Crippen MR) is 71.9 cm³/mol. The average Bonchev–Trinajstić information content (AvgIpc) is 2.26. The van der Waals surface area contributed by atoms with Crippen LogP contribution in [-0.2, 0) is 10.2 Å². The Morgan fingerprint density at radius 1 is 1.29 bits per heavy atom. The first kappa shape index (κ1) is 16.8. The molecular weight excluding hydrogens is 238 g/mol. The van der Waals surface area contributed by atoms with Crippen molar-refractivity contribution in [3.05, 3.63) is 0 Å². The largest absolute Gasteiger partial charge is 0.330 e. The molecule has 0 radical (unpaired) electrons. The SMILES string of the molecule is CCC(CC)C(C)NS(=O)(=O)N(C)CCCN. The zero-order valence-electron chi connectivity index (χ0n) is 11.4. The van der Waals surface area contributed by atoms with Gasteiger partial charge in [-0.1, -0.05) is 26.7 Å². The fraction of sp³-hybridized carbons (Fsp3) is 1.00. The van der Waals surface area contributed by atoms with Crippen LogP contribution in [0.15, 0.2) is 0 Å². The molecule has 0 amide bonds. The normalized spacial score (nSPS) is 14.5. The maximum atomic E-state index is 12.0. The minimum Gasteiger partial charge on any atom is -0.330 e. The number of rotatable bonds is 9. The van der Waals surface area contributed by atoms with Crippen molar-refractivity contribution in [1.82, 2.24) is 9.03 Å². The minimum absolute atomic E-state index is 0.0321. The van der Waals surface area contributed by atoms with Gasteiger partial charge in [-0.25, -0.2) is 0 Å². The van der Waals surface area contributed by atoms with Crippen LogP contribution in [0.4, 0.5) is 0 Å². The zero-order chi connectivity index (χ0) is 13.5. The van der Waals surface area contributed by atoms with Crippen molar-refractivity contribution >= 4 is 10.2 Å². The van der Waals surface area contributed by atoms with E-state index in [1.807, 2.05) is 6.92 Å². The Morgan fingerprint density at radius 2 is 1.82 bits per heavy atom. The summed E-state index contributed by atoms with van der Waals surface area (Å²) in [6.07, 6.45) is 2.64. The highest BCUT2D eigenvalue weighted by molar-refractivity contribution is 7.87.